The highest BCUT2D eigenvalue weighted by atomic mass is 32.2. The van der Waals surface area contributed by atoms with Gasteiger partial charge in [-0.2, -0.15) is 0 Å². The summed E-state index contributed by atoms with van der Waals surface area (Å²) in [7, 11) is 0. The van der Waals surface area contributed by atoms with Gasteiger partial charge in [-0.3, -0.25) is 4.79 Å². The Balaban J connectivity index is 1.83. The van der Waals surface area contributed by atoms with Crippen molar-refractivity contribution in [1.29, 1.82) is 0 Å². The largest absolute Gasteiger partial charge is 0.340 e. The van der Waals surface area contributed by atoms with Crippen LogP contribution in [-0.2, 0) is 4.79 Å². The predicted octanol–water partition coefficient (Wildman–Crippen LogP) is 2.28. The zero-order valence-corrected chi connectivity index (χ0v) is 9.63. The molecule has 0 radical (unpaired) electrons. The maximum absolute atomic E-state index is 12.6. The van der Waals surface area contributed by atoms with Gasteiger partial charge in [0.2, 0.25) is 5.91 Å². The van der Waals surface area contributed by atoms with Gasteiger partial charge in [0, 0.05) is 18.1 Å². The summed E-state index contributed by atoms with van der Waals surface area (Å²) in [5.74, 6) is -0.226. The number of H-pyrrole nitrogens is 1. The number of carbonyl (C=O) groups excluding carboxylic acids is 1. The first-order chi connectivity index (χ1) is 8.24. The third-order valence-electron chi connectivity index (χ3n) is 1.94. The standard InChI is InChI=1S/C11H10FN3OS/c12-8-1-3-9(4-2-8)15-10(16)7-17-11-13-5-6-14-11/h1-6H,7H2,(H,13,14)(H,15,16). The number of hydrogen-bond donors (Lipinski definition) is 2. The van der Waals surface area contributed by atoms with Gasteiger partial charge in [0.25, 0.3) is 0 Å². The van der Waals surface area contributed by atoms with Gasteiger partial charge < -0.3 is 10.3 Å². The van der Waals surface area contributed by atoms with Crippen LogP contribution in [-0.4, -0.2) is 21.6 Å². The summed E-state index contributed by atoms with van der Waals surface area (Å²) >= 11 is 1.30. The van der Waals surface area contributed by atoms with E-state index >= 15 is 0 Å². The Morgan fingerprint density at radius 3 is 2.82 bits per heavy atom. The molecule has 1 amide bonds. The maximum atomic E-state index is 12.6. The van der Waals surface area contributed by atoms with Crippen molar-refractivity contribution in [2.45, 2.75) is 5.16 Å². The quantitative estimate of drug-likeness (QED) is 0.820. The molecule has 0 spiro atoms. The summed E-state index contributed by atoms with van der Waals surface area (Å²) in [4.78, 5) is 18.4. The van der Waals surface area contributed by atoms with Crippen molar-refractivity contribution in [3.8, 4) is 0 Å². The number of aromatic nitrogens is 2. The molecule has 0 fully saturated rings. The number of benzene rings is 1. The number of rotatable bonds is 4. The molecule has 88 valence electrons. The van der Waals surface area contributed by atoms with E-state index in [0.29, 0.717) is 10.8 Å². The van der Waals surface area contributed by atoms with Gasteiger partial charge in [-0.1, -0.05) is 11.8 Å². The molecule has 0 aliphatic heterocycles. The number of amides is 1. The van der Waals surface area contributed by atoms with Gasteiger partial charge in [-0.05, 0) is 24.3 Å². The second kappa shape index (κ2) is 5.49. The Hall–Kier alpha value is -1.82. The van der Waals surface area contributed by atoms with Gasteiger partial charge >= 0.3 is 0 Å². The summed E-state index contributed by atoms with van der Waals surface area (Å²) in [5, 5.41) is 3.36. The van der Waals surface area contributed by atoms with Crippen molar-refractivity contribution in [3.05, 3.63) is 42.5 Å². The van der Waals surface area contributed by atoms with E-state index < -0.39 is 0 Å². The molecular weight excluding hydrogens is 241 g/mol. The smallest absolute Gasteiger partial charge is 0.234 e. The van der Waals surface area contributed by atoms with Crippen LogP contribution in [0.5, 0.6) is 0 Å². The normalized spacial score (nSPS) is 10.2. The molecular formula is C11H10FN3OS. The van der Waals surface area contributed by atoms with Crippen LogP contribution in [0.15, 0.2) is 41.8 Å². The van der Waals surface area contributed by atoms with Crippen LogP contribution in [0.25, 0.3) is 0 Å². The molecule has 17 heavy (non-hydrogen) atoms. The minimum Gasteiger partial charge on any atom is -0.340 e. The molecule has 1 aromatic heterocycles. The molecule has 2 N–H and O–H groups in total. The van der Waals surface area contributed by atoms with Crippen LogP contribution < -0.4 is 5.32 Å². The monoisotopic (exact) mass is 251 g/mol. The molecule has 0 saturated heterocycles. The number of nitrogens with zero attached hydrogens (tertiary/aromatic N) is 1. The topological polar surface area (TPSA) is 57.8 Å². The first-order valence-electron chi connectivity index (χ1n) is 4.91. The molecule has 6 heteroatoms. The number of hydrogen-bond acceptors (Lipinski definition) is 3. The number of anilines is 1. The number of halogens is 1. The van der Waals surface area contributed by atoms with Crippen molar-refractivity contribution in [2.24, 2.45) is 0 Å². The summed E-state index contributed by atoms with van der Waals surface area (Å²) < 4.78 is 12.6. The van der Waals surface area contributed by atoms with Crippen LogP contribution in [0.3, 0.4) is 0 Å². The highest BCUT2D eigenvalue weighted by Gasteiger charge is 2.04. The Labute approximate surface area is 102 Å². The van der Waals surface area contributed by atoms with Crippen molar-refractivity contribution in [1.82, 2.24) is 9.97 Å². The van der Waals surface area contributed by atoms with E-state index in [0.717, 1.165) is 0 Å². The average molecular weight is 251 g/mol. The second-order valence-corrected chi connectivity index (χ2v) is 4.20. The summed E-state index contributed by atoms with van der Waals surface area (Å²) in [6.45, 7) is 0. The summed E-state index contributed by atoms with van der Waals surface area (Å²) in [6.07, 6.45) is 3.32. The molecule has 0 unspecified atom stereocenters. The van der Waals surface area contributed by atoms with Gasteiger partial charge in [0.05, 0.1) is 5.75 Å². The zero-order valence-electron chi connectivity index (χ0n) is 8.81. The lowest BCUT2D eigenvalue weighted by Crippen LogP contribution is -2.14. The van der Waals surface area contributed by atoms with Gasteiger partial charge in [-0.15, -0.1) is 0 Å². The lowest BCUT2D eigenvalue weighted by molar-refractivity contribution is -0.113. The van der Waals surface area contributed by atoms with E-state index in [1.54, 1.807) is 12.4 Å². The lowest BCUT2D eigenvalue weighted by atomic mass is 10.3. The first kappa shape index (κ1) is 11.7. The minimum absolute atomic E-state index is 0.155. The van der Waals surface area contributed by atoms with E-state index in [1.807, 2.05) is 0 Å². The maximum Gasteiger partial charge on any atom is 0.234 e. The molecule has 1 aromatic carbocycles. The van der Waals surface area contributed by atoms with Crippen LogP contribution in [0.1, 0.15) is 0 Å². The Morgan fingerprint density at radius 2 is 2.18 bits per heavy atom. The Kier molecular flexibility index (Phi) is 3.77. The molecule has 0 aliphatic carbocycles. The Morgan fingerprint density at radius 1 is 1.41 bits per heavy atom. The molecule has 0 aliphatic rings. The summed E-state index contributed by atoms with van der Waals surface area (Å²) in [5.41, 5.74) is 0.580. The van der Waals surface area contributed by atoms with Crippen LogP contribution in [0.4, 0.5) is 10.1 Å². The fraction of sp³-hybridized carbons (Fsp3) is 0.0909. The fourth-order valence-electron chi connectivity index (χ4n) is 1.19. The highest BCUT2D eigenvalue weighted by molar-refractivity contribution is 7.99. The van der Waals surface area contributed by atoms with Crippen molar-refractivity contribution >= 4 is 23.4 Å². The summed E-state index contributed by atoms with van der Waals surface area (Å²) in [6, 6.07) is 5.64. The first-order valence-corrected chi connectivity index (χ1v) is 5.90. The number of thioether (sulfide) groups is 1. The number of carbonyl (C=O) groups is 1. The van der Waals surface area contributed by atoms with E-state index in [4.69, 9.17) is 0 Å². The van der Waals surface area contributed by atoms with Crippen molar-refractivity contribution in [2.75, 3.05) is 11.1 Å². The van der Waals surface area contributed by atoms with Crippen molar-refractivity contribution < 1.29 is 9.18 Å². The SMILES string of the molecule is O=C(CSc1ncc[nH]1)Nc1ccc(F)cc1. The molecule has 2 rings (SSSR count). The molecule has 1 heterocycles. The van der Waals surface area contributed by atoms with Crippen molar-refractivity contribution in [3.63, 3.8) is 0 Å². The highest BCUT2D eigenvalue weighted by Crippen LogP contribution is 2.13. The Bertz CT molecular complexity index is 484. The van der Waals surface area contributed by atoms with E-state index in [-0.39, 0.29) is 17.5 Å². The molecule has 0 atom stereocenters. The lowest BCUT2D eigenvalue weighted by Gasteiger charge is -2.03. The number of imidazole rings is 1. The molecule has 2 aromatic rings. The van der Waals surface area contributed by atoms with Crippen LogP contribution in [0.2, 0.25) is 0 Å². The predicted molar refractivity (Wildman–Crippen MR) is 64.3 cm³/mol. The third-order valence-corrected chi connectivity index (χ3v) is 2.84. The molecule has 0 saturated carbocycles. The third kappa shape index (κ3) is 3.60. The zero-order chi connectivity index (χ0) is 12.1. The molecule has 4 nitrogen and oxygen atoms in total. The van der Waals surface area contributed by atoms with E-state index in [9.17, 15) is 9.18 Å². The number of nitrogens with one attached hydrogen (secondary N) is 2. The van der Waals surface area contributed by atoms with Crippen LogP contribution >= 0.6 is 11.8 Å². The van der Waals surface area contributed by atoms with E-state index in [2.05, 4.69) is 15.3 Å². The van der Waals surface area contributed by atoms with E-state index in [1.165, 1.54) is 36.0 Å². The fourth-order valence-corrected chi connectivity index (χ4v) is 1.82. The van der Waals surface area contributed by atoms with Gasteiger partial charge in [0.1, 0.15) is 5.82 Å². The van der Waals surface area contributed by atoms with Gasteiger partial charge in [0.15, 0.2) is 5.16 Å². The van der Waals surface area contributed by atoms with Gasteiger partial charge in [-0.25, -0.2) is 9.37 Å². The van der Waals surface area contributed by atoms with Crippen LogP contribution in [0, 0.1) is 5.82 Å². The number of aromatic amines is 1. The molecule has 0 bridgehead atoms. The second-order valence-electron chi connectivity index (χ2n) is 3.24. The minimum atomic E-state index is -0.326. The average Bonchev–Trinajstić information content (AvgIpc) is 2.83.